The van der Waals surface area contributed by atoms with Gasteiger partial charge in [0.25, 0.3) is 10.0 Å². The summed E-state index contributed by atoms with van der Waals surface area (Å²) >= 11 is 0. The standard InChI is InChI=1S/C37H43N3O5S/c1-27(2)24-38-37(42)34(23-30-12-8-6-9-13-30)39(25-31-14-10-7-11-15-31)36(41)26-40(33-22-29(4)18-21-35(33)45-5)46(43,44)32-19-16-28(3)17-20-32/h6-22,27,34H,23-26H2,1-5H3,(H,38,42). The molecule has 0 aliphatic carbocycles. The Morgan fingerprint density at radius 1 is 0.804 bits per heavy atom. The fraction of sp³-hybridized carbons (Fsp3) is 0.297. The summed E-state index contributed by atoms with van der Waals surface area (Å²) in [6.07, 6.45) is 0.252. The lowest BCUT2D eigenvalue weighted by Crippen LogP contribution is -2.53. The fourth-order valence-electron chi connectivity index (χ4n) is 5.10. The Morgan fingerprint density at radius 3 is 1.98 bits per heavy atom. The molecule has 1 unspecified atom stereocenters. The van der Waals surface area contributed by atoms with Crippen molar-refractivity contribution in [2.45, 2.75) is 51.6 Å². The molecule has 242 valence electrons. The monoisotopic (exact) mass is 641 g/mol. The SMILES string of the molecule is COc1ccc(C)cc1N(CC(=O)N(Cc1ccccc1)C(Cc1ccccc1)C(=O)NCC(C)C)S(=O)(=O)c1ccc(C)cc1. The highest BCUT2D eigenvalue weighted by atomic mass is 32.2. The number of carbonyl (C=O) groups excluding carboxylic acids is 2. The number of hydrogen-bond donors (Lipinski definition) is 1. The summed E-state index contributed by atoms with van der Waals surface area (Å²) in [6.45, 7) is 7.72. The van der Waals surface area contributed by atoms with Crippen molar-refractivity contribution in [2.24, 2.45) is 5.92 Å². The zero-order chi connectivity index (χ0) is 33.3. The van der Waals surface area contributed by atoms with Gasteiger partial charge in [0.15, 0.2) is 0 Å². The van der Waals surface area contributed by atoms with E-state index in [1.54, 1.807) is 24.3 Å². The van der Waals surface area contributed by atoms with Gasteiger partial charge in [-0.15, -0.1) is 0 Å². The molecule has 0 heterocycles. The Morgan fingerprint density at radius 2 is 1.39 bits per heavy atom. The lowest BCUT2D eigenvalue weighted by molar-refractivity contribution is -0.140. The van der Waals surface area contributed by atoms with Crippen LogP contribution in [0.1, 0.15) is 36.1 Å². The van der Waals surface area contributed by atoms with Gasteiger partial charge in [0.05, 0.1) is 17.7 Å². The van der Waals surface area contributed by atoms with Gasteiger partial charge in [0.1, 0.15) is 18.3 Å². The fourth-order valence-corrected chi connectivity index (χ4v) is 6.52. The average Bonchev–Trinajstić information content (AvgIpc) is 3.05. The van der Waals surface area contributed by atoms with Crippen molar-refractivity contribution in [1.82, 2.24) is 10.2 Å². The van der Waals surface area contributed by atoms with Gasteiger partial charge in [-0.25, -0.2) is 8.42 Å². The minimum absolute atomic E-state index is 0.0413. The number of amides is 2. The van der Waals surface area contributed by atoms with Crippen LogP contribution >= 0.6 is 0 Å². The van der Waals surface area contributed by atoms with E-state index in [0.29, 0.717) is 12.3 Å². The first-order valence-electron chi connectivity index (χ1n) is 15.4. The molecule has 46 heavy (non-hydrogen) atoms. The van der Waals surface area contributed by atoms with Crippen molar-refractivity contribution >= 4 is 27.5 Å². The topological polar surface area (TPSA) is 96.0 Å². The third kappa shape index (κ3) is 8.75. The molecule has 1 atom stereocenters. The highest BCUT2D eigenvalue weighted by molar-refractivity contribution is 7.92. The Labute approximate surface area is 273 Å². The first-order chi connectivity index (χ1) is 22.0. The number of aryl methyl sites for hydroxylation is 2. The number of nitrogens with zero attached hydrogens (tertiary/aromatic N) is 2. The number of hydrogen-bond acceptors (Lipinski definition) is 5. The van der Waals surface area contributed by atoms with E-state index >= 15 is 0 Å². The molecule has 2 amide bonds. The van der Waals surface area contributed by atoms with Crippen LogP contribution in [0.4, 0.5) is 5.69 Å². The van der Waals surface area contributed by atoms with Crippen molar-refractivity contribution in [1.29, 1.82) is 0 Å². The molecule has 0 saturated carbocycles. The van der Waals surface area contributed by atoms with Crippen LogP contribution < -0.4 is 14.4 Å². The Balaban J connectivity index is 1.83. The van der Waals surface area contributed by atoms with E-state index in [4.69, 9.17) is 4.74 Å². The third-order valence-corrected chi connectivity index (χ3v) is 9.42. The molecule has 0 radical (unpaired) electrons. The molecule has 0 spiro atoms. The van der Waals surface area contributed by atoms with E-state index in [-0.39, 0.29) is 35.4 Å². The summed E-state index contributed by atoms with van der Waals surface area (Å²) in [5.74, 6) is -0.325. The highest BCUT2D eigenvalue weighted by Crippen LogP contribution is 2.34. The lowest BCUT2D eigenvalue weighted by Gasteiger charge is -2.34. The second-order valence-corrected chi connectivity index (χ2v) is 13.7. The number of nitrogens with one attached hydrogen (secondary N) is 1. The predicted octanol–water partition coefficient (Wildman–Crippen LogP) is 5.92. The summed E-state index contributed by atoms with van der Waals surface area (Å²) in [6, 6.07) is 29.7. The molecule has 0 saturated heterocycles. The molecule has 0 bridgehead atoms. The predicted molar refractivity (Wildman–Crippen MR) is 182 cm³/mol. The smallest absolute Gasteiger partial charge is 0.264 e. The first-order valence-corrected chi connectivity index (χ1v) is 16.8. The number of benzene rings is 4. The first kappa shape index (κ1) is 34.2. The van der Waals surface area contributed by atoms with Gasteiger partial charge in [-0.05, 0) is 60.7 Å². The highest BCUT2D eigenvalue weighted by Gasteiger charge is 2.35. The normalized spacial score (nSPS) is 12.0. The largest absolute Gasteiger partial charge is 0.495 e. The second kappa shape index (κ2) is 15.6. The summed E-state index contributed by atoms with van der Waals surface area (Å²) in [5, 5.41) is 3.01. The van der Waals surface area contributed by atoms with Crippen LogP contribution in [0.5, 0.6) is 5.75 Å². The minimum atomic E-state index is -4.24. The maximum atomic E-state index is 14.6. The zero-order valence-electron chi connectivity index (χ0n) is 27.1. The molecule has 0 aromatic heterocycles. The van der Waals surface area contributed by atoms with Crippen LogP contribution in [0.25, 0.3) is 0 Å². The van der Waals surface area contributed by atoms with Crippen molar-refractivity contribution in [2.75, 3.05) is 24.5 Å². The van der Waals surface area contributed by atoms with E-state index in [9.17, 15) is 18.0 Å². The minimum Gasteiger partial charge on any atom is -0.495 e. The van der Waals surface area contributed by atoms with Crippen LogP contribution in [-0.2, 0) is 32.6 Å². The van der Waals surface area contributed by atoms with Gasteiger partial charge in [-0.2, -0.15) is 0 Å². The number of rotatable bonds is 14. The van der Waals surface area contributed by atoms with E-state index in [1.807, 2.05) is 94.4 Å². The van der Waals surface area contributed by atoms with Crippen LogP contribution in [0.2, 0.25) is 0 Å². The van der Waals surface area contributed by atoms with Gasteiger partial charge in [-0.1, -0.05) is 98.3 Å². The van der Waals surface area contributed by atoms with Crippen LogP contribution in [0.3, 0.4) is 0 Å². The third-order valence-electron chi connectivity index (χ3n) is 7.64. The molecule has 0 aliphatic rings. The Hall–Kier alpha value is -4.63. The molecule has 4 rings (SSSR count). The quantitative estimate of drug-likeness (QED) is 0.185. The molecule has 4 aromatic rings. The summed E-state index contributed by atoms with van der Waals surface area (Å²) in [4.78, 5) is 30.0. The van der Waals surface area contributed by atoms with Crippen molar-refractivity contribution < 1.29 is 22.7 Å². The number of anilines is 1. The molecular weight excluding hydrogens is 598 g/mol. The van der Waals surface area contributed by atoms with Crippen molar-refractivity contribution in [3.63, 3.8) is 0 Å². The van der Waals surface area contributed by atoms with Crippen molar-refractivity contribution in [3.05, 3.63) is 125 Å². The van der Waals surface area contributed by atoms with E-state index in [2.05, 4.69) is 5.32 Å². The van der Waals surface area contributed by atoms with Gasteiger partial charge in [0, 0.05) is 19.5 Å². The van der Waals surface area contributed by atoms with Crippen LogP contribution in [0, 0.1) is 19.8 Å². The number of sulfonamides is 1. The maximum Gasteiger partial charge on any atom is 0.264 e. The van der Waals surface area contributed by atoms with Gasteiger partial charge >= 0.3 is 0 Å². The zero-order valence-corrected chi connectivity index (χ0v) is 28.0. The summed E-state index contributed by atoms with van der Waals surface area (Å²) < 4.78 is 35.4. The molecule has 0 aliphatic heterocycles. The molecule has 1 N–H and O–H groups in total. The summed E-state index contributed by atoms with van der Waals surface area (Å²) in [7, 11) is -2.78. The average molecular weight is 642 g/mol. The van der Waals surface area contributed by atoms with Crippen molar-refractivity contribution in [3.8, 4) is 5.75 Å². The Kier molecular flexibility index (Phi) is 11.6. The molecule has 8 nitrogen and oxygen atoms in total. The summed E-state index contributed by atoms with van der Waals surface area (Å²) in [5.41, 5.74) is 3.62. The molecule has 0 fully saturated rings. The molecular formula is C37H43N3O5S. The molecule has 4 aromatic carbocycles. The lowest BCUT2D eigenvalue weighted by atomic mass is 10.0. The number of carbonyl (C=O) groups is 2. The van der Waals surface area contributed by atoms with E-state index in [0.717, 1.165) is 26.6 Å². The van der Waals surface area contributed by atoms with Gasteiger partial charge in [-0.3, -0.25) is 13.9 Å². The number of ether oxygens (including phenoxy) is 1. The maximum absolute atomic E-state index is 14.6. The van der Waals surface area contributed by atoms with Crippen LogP contribution in [0.15, 0.2) is 108 Å². The molecule has 9 heteroatoms. The van der Waals surface area contributed by atoms with E-state index < -0.39 is 28.5 Å². The van der Waals surface area contributed by atoms with Gasteiger partial charge in [0.2, 0.25) is 11.8 Å². The van der Waals surface area contributed by atoms with Gasteiger partial charge < -0.3 is 15.0 Å². The van der Waals surface area contributed by atoms with E-state index in [1.165, 1.54) is 24.1 Å². The Bertz CT molecular complexity index is 1710. The second-order valence-electron chi connectivity index (χ2n) is 11.9. The van der Waals surface area contributed by atoms with Crippen LogP contribution in [-0.4, -0.2) is 51.4 Å². The number of methoxy groups -OCH3 is 1.